The zero-order valence-corrected chi connectivity index (χ0v) is 9.17. The molecule has 0 aliphatic carbocycles. The molecule has 1 fully saturated rings. The SMILES string of the molecule is Cc1cc(N2CCC(CCl)C2)ccn1. The van der Waals surface area contributed by atoms with E-state index in [-0.39, 0.29) is 0 Å². The Morgan fingerprint density at radius 3 is 3.14 bits per heavy atom. The van der Waals surface area contributed by atoms with Gasteiger partial charge in [0.05, 0.1) is 0 Å². The van der Waals surface area contributed by atoms with Crippen molar-refractivity contribution in [2.75, 3.05) is 23.9 Å². The lowest BCUT2D eigenvalue weighted by Crippen LogP contribution is -2.20. The van der Waals surface area contributed by atoms with E-state index in [1.807, 2.05) is 13.1 Å². The van der Waals surface area contributed by atoms with Gasteiger partial charge in [-0.1, -0.05) is 0 Å². The van der Waals surface area contributed by atoms with Crippen molar-refractivity contribution < 1.29 is 0 Å². The van der Waals surface area contributed by atoms with Gasteiger partial charge in [0.15, 0.2) is 0 Å². The molecule has 0 bridgehead atoms. The molecule has 0 N–H and O–H groups in total. The summed E-state index contributed by atoms with van der Waals surface area (Å²) in [6, 6.07) is 4.21. The third kappa shape index (κ3) is 2.01. The predicted octanol–water partition coefficient (Wildman–Crippen LogP) is 2.46. The number of nitrogens with zero attached hydrogens (tertiary/aromatic N) is 2. The Labute approximate surface area is 89.9 Å². The molecule has 1 aromatic rings. The quantitative estimate of drug-likeness (QED) is 0.698. The molecule has 1 unspecified atom stereocenters. The maximum absolute atomic E-state index is 5.85. The van der Waals surface area contributed by atoms with Crippen molar-refractivity contribution in [3.05, 3.63) is 24.0 Å². The molecule has 0 radical (unpaired) electrons. The van der Waals surface area contributed by atoms with Crippen LogP contribution in [0.25, 0.3) is 0 Å². The molecule has 2 nitrogen and oxygen atoms in total. The van der Waals surface area contributed by atoms with E-state index in [4.69, 9.17) is 11.6 Å². The van der Waals surface area contributed by atoms with Crippen molar-refractivity contribution in [2.45, 2.75) is 13.3 Å². The van der Waals surface area contributed by atoms with Gasteiger partial charge in [0.25, 0.3) is 0 Å². The lowest BCUT2D eigenvalue weighted by Gasteiger charge is -2.18. The molecule has 14 heavy (non-hydrogen) atoms. The largest absolute Gasteiger partial charge is 0.371 e. The number of aromatic nitrogens is 1. The molecule has 2 heterocycles. The number of rotatable bonds is 2. The summed E-state index contributed by atoms with van der Waals surface area (Å²) in [6.45, 7) is 4.24. The second kappa shape index (κ2) is 4.18. The Morgan fingerprint density at radius 1 is 1.64 bits per heavy atom. The third-order valence-electron chi connectivity index (χ3n) is 2.75. The fraction of sp³-hybridized carbons (Fsp3) is 0.545. The minimum absolute atomic E-state index is 0.658. The van der Waals surface area contributed by atoms with Gasteiger partial charge < -0.3 is 4.90 Å². The topological polar surface area (TPSA) is 16.1 Å². The zero-order chi connectivity index (χ0) is 9.97. The standard InChI is InChI=1S/C11H15ClN2/c1-9-6-11(2-4-13-9)14-5-3-10(7-12)8-14/h2,4,6,10H,3,5,7-8H2,1H3. The maximum Gasteiger partial charge on any atom is 0.0399 e. The predicted molar refractivity (Wildman–Crippen MR) is 60.0 cm³/mol. The van der Waals surface area contributed by atoms with Gasteiger partial charge in [0.1, 0.15) is 0 Å². The number of aryl methyl sites for hydroxylation is 1. The number of pyridine rings is 1. The molecule has 2 rings (SSSR count). The van der Waals surface area contributed by atoms with Crippen molar-refractivity contribution in [3.8, 4) is 0 Å². The van der Waals surface area contributed by atoms with Crippen molar-refractivity contribution in [1.82, 2.24) is 4.98 Å². The molecule has 1 saturated heterocycles. The molecule has 1 aliphatic heterocycles. The Hall–Kier alpha value is -0.760. The summed E-state index contributed by atoms with van der Waals surface area (Å²) in [7, 11) is 0. The highest BCUT2D eigenvalue weighted by Crippen LogP contribution is 2.24. The van der Waals surface area contributed by atoms with Crippen LogP contribution in [-0.2, 0) is 0 Å². The van der Waals surface area contributed by atoms with Crippen LogP contribution in [0.3, 0.4) is 0 Å². The highest BCUT2D eigenvalue weighted by molar-refractivity contribution is 6.18. The zero-order valence-electron chi connectivity index (χ0n) is 8.41. The molecule has 3 heteroatoms. The number of hydrogen-bond donors (Lipinski definition) is 0. The summed E-state index contributed by atoms with van der Waals surface area (Å²) in [5.41, 5.74) is 2.36. The van der Waals surface area contributed by atoms with Gasteiger partial charge in [-0.15, -0.1) is 11.6 Å². The first-order valence-corrected chi connectivity index (χ1v) is 5.56. The molecule has 0 aromatic carbocycles. The van der Waals surface area contributed by atoms with Crippen LogP contribution < -0.4 is 4.90 Å². The molecule has 76 valence electrons. The minimum Gasteiger partial charge on any atom is -0.371 e. The second-order valence-corrected chi connectivity index (χ2v) is 4.22. The van der Waals surface area contributed by atoms with Gasteiger partial charge in [0, 0.05) is 36.5 Å². The van der Waals surface area contributed by atoms with Gasteiger partial charge in [-0.25, -0.2) is 0 Å². The first kappa shape index (κ1) is 9.78. The summed E-state index contributed by atoms with van der Waals surface area (Å²) in [5, 5.41) is 0. The molecule has 1 atom stereocenters. The van der Waals surface area contributed by atoms with Crippen molar-refractivity contribution in [2.24, 2.45) is 5.92 Å². The van der Waals surface area contributed by atoms with E-state index in [1.54, 1.807) is 0 Å². The van der Waals surface area contributed by atoms with Crippen LogP contribution in [0.1, 0.15) is 12.1 Å². The normalized spacial score (nSPS) is 21.6. The summed E-state index contributed by atoms with van der Waals surface area (Å²) in [6.07, 6.45) is 3.09. The monoisotopic (exact) mass is 210 g/mol. The smallest absolute Gasteiger partial charge is 0.0399 e. The lowest BCUT2D eigenvalue weighted by molar-refractivity contribution is 0.667. The molecule has 0 amide bonds. The van der Waals surface area contributed by atoms with Gasteiger partial charge in [-0.3, -0.25) is 4.98 Å². The van der Waals surface area contributed by atoms with Crippen molar-refractivity contribution in [3.63, 3.8) is 0 Å². The Kier molecular flexibility index (Phi) is 2.92. The lowest BCUT2D eigenvalue weighted by atomic mass is 10.2. The van der Waals surface area contributed by atoms with Gasteiger partial charge in [0.2, 0.25) is 0 Å². The second-order valence-electron chi connectivity index (χ2n) is 3.91. The van der Waals surface area contributed by atoms with Crippen molar-refractivity contribution >= 4 is 17.3 Å². The van der Waals surface area contributed by atoms with E-state index in [2.05, 4.69) is 22.0 Å². The van der Waals surface area contributed by atoms with E-state index in [0.29, 0.717) is 5.92 Å². The Balaban J connectivity index is 2.09. The van der Waals surface area contributed by atoms with E-state index in [0.717, 1.165) is 24.7 Å². The van der Waals surface area contributed by atoms with Crippen LogP contribution in [0.5, 0.6) is 0 Å². The third-order valence-corrected chi connectivity index (χ3v) is 3.19. The summed E-state index contributed by atoms with van der Waals surface area (Å²) in [5.74, 6) is 1.44. The van der Waals surface area contributed by atoms with Gasteiger partial charge >= 0.3 is 0 Å². The van der Waals surface area contributed by atoms with Crippen LogP contribution in [0.4, 0.5) is 5.69 Å². The number of anilines is 1. The number of halogens is 1. The summed E-state index contributed by atoms with van der Waals surface area (Å²) < 4.78 is 0. The van der Waals surface area contributed by atoms with Crippen LogP contribution >= 0.6 is 11.6 Å². The average molecular weight is 211 g/mol. The maximum atomic E-state index is 5.85. The summed E-state index contributed by atoms with van der Waals surface area (Å²) in [4.78, 5) is 6.59. The van der Waals surface area contributed by atoms with Gasteiger partial charge in [-0.05, 0) is 31.4 Å². The fourth-order valence-corrected chi connectivity index (χ4v) is 2.17. The van der Waals surface area contributed by atoms with E-state index < -0.39 is 0 Å². The van der Waals surface area contributed by atoms with Crippen molar-refractivity contribution in [1.29, 1.82) is 0 Å². The first-order valence-electron chi connectivity index (χ1n) is 5.03. The van der Waals surface area contributed by atoms with E-state index in [9.17, 15) is 0 Å². The molecular weight excluding hydrogens is 196 g/mol. The molecule has 0 spiro atoms. The highest BCUT2D eigenvalue weighted by atomic mass is 35.5. The molecule has 0 saturated carbocycles. The average Bonchev–Trinajstić information content (AvgIpc) is 2.66. The molecule has 1 aromatic heterocycles. The first-order chi connectivity index (χ1) is 6.79. The molecule has 1 aliphatic rings. The number of hydrogen-bond acceptors (Lipinski definition) is 2. The molecular formula is C11H15ClN2. The summed E-state index contributed by atoms with van der Waals surface area (Å²) >= 11 is 5.85. The highest BCUT2D eigenvalue weighted by Gasteiger charge is 2.21. The van der Waals surface area contributed by atoms with Crippen LogP contribution in [0.15, 0.2) is 18.3 Å². The Morgan fingerprint density at radius 2 is 2.50 bits per heavy atom. The van der Waals surface area contributed by atoms with Gasteiger partial charge in [-0.2, -0.15) is 0 Å². The van der Waals surface area contributed by atoms with E-state index >= 15 is 0 Å². The van der Waals surface area contributed by atoms with Crippen LogP contribution in [0.2, 0.25) is 0 Å². The van der Waals surface area contributed by atoms with Crippen LogP contribution in [-0.4, -0.2) is 24.0 Å². The van der Waals surface area contributed by atoms with E-state index in [1.165, 1.54) is 12.1 Å². The Bertz CT molecular complexity index is 314. The van der Waals surface area contributed by atoms with Crippen LogP contribution in [0, 0.1) is 12.8 Å². The minimum atomic E-state index is 0.658. The number of alkyl halides is 1. The fourth-order valence-electron chi connectivity index (χ4n) is 1.92.